The van der Waals surface area contributed by atoms with Gasteiger partial charge in [0.25, 0.3) is 0 Å². The molecule has 0 heterocycles. The number of hydrogen-bond donors (Lipinski definition) is 1. The third-order valence-electron chi connectivity index (χ3n) is 2.99. The lowest BCUT2D eigenvalue weighted by molar-refractivity contribution is -0.324. The average molecular weight is 501 g/mol. The van der Waals surface area contributed by atoms with Crippen molar-refractivity contribution in [3.63, 3.8) is 0 Å². The van der Waals surface area contributed by atoms with Crippen LogP contribution in [-0.2, 0) is 28.6 Å². The molecule has 17 heteroatoms. The quantitative estimate of drug-likeness (QED) is 0.145. The van der Waals surface area contributed by atoms with Gasteiger partial charge in [0.2, 0.25) is 0 Å². The van der Waals surface area contributed by atoms with Gasteiger partial charge in [0, 0.05) is 6.54 Å². The summed E-state index contributed by atoms with van der Waals surface area (Å²) >= 11 is 0. The Morgan fingerprint density at radius 2 is 1.35 bits per heavy atom. The van der Waals surface area contributed by atoms with Gasteiger partial charge < -0.3 is 14.8 Å². The van der Waals surface area contributed by atoms with E-state index in [1.807, 2.05) is 0 Å². The fourth-order valence-electron chi connectivity index (χ4n) is 1.58. The lowest BCUT2D eigenvalue weighted by Gasteiger charge is -2.32. The summed E-state index contributed by atoms with van der Waals surface area (Å²) in [6, 6.07) is 0. The Morgan fingerprint density at radius 1 is 0.871 bits per heavy atom. The first-order valence-corrected chi connectivity index (χ1v) is 9.56. The van der Waals surface area contributed by atoms with Crippen LogP contribution in [-0.4, -0.2) is 76.2 Å². The maximum atomic E-state index is 13.5. The fraction of sp³-hybridized carbons (Fsp3) is 0.929. The zero-order chi connectivity index (χ0) is 24.9. The molecule has 31 heavy (non-hydrogen) atoms. The molecule has 7 nitrogen and oxygen atoms in total. The van der Waals surface area contributed by atoms with Gasteiger partial charge in [-0.05, 0) is 20.8 Å². The minimum absolute atomic E-state index is 0.357. The van der Waals surface area contributed by atoms with Crippen molar-refractivity contribution < 1.29 is 66.4 Å². The van der Waals surface area contributed by atoms with Crippen molar-refractivity contribution in [1.82, 2.24) is 5.32 Å². The Labute approximate surface area is 171 Å². The van der Waals surface area contributed by atoms with E-state index in [9.17, 15) is 52.7 Å². The molecule has 0 amide bonds. The molecule has 0 aromatic carbocycles. The first kappa shape index (κ1) is 29.7. The normalized spacial score (nSPS) is 14.6. The molecule has 0 spiro atoms. The second-order valence-electron chi connectivity index (χ2n) is 6.96. The van der Waals surface area contributed by atoms with Crippen molar-refractivity contribution in [2.24, 2.45) is 0 Å². The van der Waals surface area contributed by atoms with Crippen molar-refractivity contribution in [3.8, 4) is 0 Å². The highest BCUT2D eigenvalue weighted by Gasteiger charge is 2.72. The predicted octanol–water partition coefficient (Wildman–Crippen LogP) is 2.71. The molecule has 0 aromatic rings. The number of hydrogen-bond acceptors (Lipinski definition) is 7. The van der Waals surface area contributed by atoms with Gasteiger partial charge in [0.1, 0.15) is 18.8 Å². The Kier molecular flexibility index (Phi) is 9.65. The first-order valence-electron chi connectivity index (χ1n) is 8.15. The van der Waals surface area contributed by atoms with Crippen molar-refractivity contribution in [3.05, 3.63) is 0 Å². The van der Waals surface area contributed by atoms with E-state index in [2.05, 4.69) is 14.2 Å². The van der Waals surface area contributed by atoms with Gasteiger partial charge >= 0.3 is 39.4 Å². The van der Waals surface area contributed by atoms with Crippen LogP contribution in [0.25, 0.3) is 0 Å². The van der Waals surface area contributed by atoms with Crippen LogP contribution in [0.3, 0.4) is 0 Å². The van der Waals surface area contributed by atoms with Crippen molar-refractivity contribution in [1.29, 1.82) is 0 Å². The zero-order valence-electron chi connectivity index (χ0n) is 16.3. The van der Waals surface area contributed by atoms with E-state index in [0.717, 1.165) is 0 Å². The van der Waals surface area contributed by atoms with Crippen LogP contribution in [0, 0.1) is 0 Å². The summed E-state index contributed by atoms with van der Waals surface area (Å²) in [7, 11) is -6.72. The first-order chi connectivity index (χ1) is 13.6. The summed E-state index contributed by atoms with van der Waals surface area (Å²) in [5, 5.41) is 2.34. The van der Waals surface area contributed by atoms with Gasteiger partial charge in [-0.25, -0.2) is 0 Å². The number of ether oxygens (including phenoxy) is 2. The molecule has 0 saturated heterocycles. The number of halogens is 9. The van der Waals surface area contributed by atoms with Gasteiger partial charge in [0.15, 0.2) is 0 Å². The van der Waals surface area contributed by atoms with Crippen LogP contribution in [0.2, 0.25) is 0 Å². The van der Waals surface area contributed by atoms with Gasteiger partial charge in [-0.15, -0.1) is 0 Å². The molecule has 0 aliphatic rings. The van der Waals surface area contributed by atoms with E-state index in [1.165, 1.54) is 0 Å². The molecular weight excluding hydrogens is 481 g/mol. The van der Waals surface area contributed by atoms with E-state index in [0.29, 0.717) is 0 Å². The molecule has 186 valence electrons. The van der Waals surface area contributed by atoms with E-state index in [4.69, 9.17) is 4.74 Å². The number of carbonyl (C=O) groups is 1. The molecule has 1 N–H and O–H groups in total. The number of carbonyl (C=O) groups excluding carboxylic acids is 1. The Balaban J connectivity index is 4.71. The predicted molar refractivity (Wildman–Crippen MR) is 85.3 cm³/mol. The highest BCUT2D eigenvalue weighted by Crippen LogP contribution is 2.46. The molecule has 0 aliphatic heterocycles. The molecular formula is C14H20F9NO6S. The van der Waals surface area contributed by atoms with E-state index in [1.54, 1.807) is 20.8 Å². The summed E-state index contributed by atoms with van der Waals surface area (Å²) < 4.78 is 149. The minimum Gasteiger partial charge on any atom is -0.459 e. The van der Waals surface area contributed by atoms with Gasteiger partial charge in [-0.2, -0.15) is 47.9 Å². The lowest BCUT2D eigenvalue weighted by atomic mass is 10.1. The van der Waals surface area contributed by atoms with Gasteiger partial charge in [0.05, 0.1) is 13.2 Å². The summed E-state index contributed by atoms with van der Waals surface area (Å²) in [4.78, 5) is 11.3. The third kappa shape index (κ3) is 8.97. The highest BCUT2D eigenvalue weighted by molar-refractivity contribution is 7.87. The molecule has 0 fully saturated rings. The molecule has 0 atom stereocenters. The average Bonchev–Trinajstić information content (AvgIpc) is 2.53. The lowest BCUT2D eigenvalue weighted by Crippen LogP contribution is -2.58. The second-order valence-corrected chi connectivity index (χ2v) is 8.57. The van der Waals surface area contributed by atoms with Crippen LogP contribution < -0.4 is 5.32 Å². The summed E-state index contributed by atoms with van der Waals surface area (Å²) in [6.07, 6.45) is 0. The minimum atomic E-state index is -6.72. The number of esters is 1. The molecule has 0 aromatic heterocycles. The SMILES string of the molecule is CC(C)(C)OC(=O)CNCCOCC(F)(F)C(F)(F)C(F)(F)COS(=O)(=O)C(F)(F)F. The molecule has 0 rings (SSSR count). The molecule has 0 bridgehead atoms. The number of rotatable bonds is 12. The smallest absolute Gasteiger partial charge is 0.459 e. The molecule has 0 saturated carbocycles. The maximum absolute atomic E-state index is 13.5. The van der Waals surface area contributed by atoms with E-state index >= 15 is 0 Å². The number of alkyl halides is 9. The van der Waals surface area contributed by atoms with Crippen molar-refractivity contribution in [2.45, 2.75) is 49.6 Å². The van der Waals surface area contributed by atoms with Crippen molar-refractivity contribution >= 4 is 16.1 Å². The standard InChI is InChI=1S/C14H20F9NO6S/c1-10(2,3)30-9(25)6-24-4-5-28-7-11(15,16)13(19,20)12(17,18)8-29-31(26,27)14(21,22)23/h24H,4-8H2,1-3H3. The maximum Gasteiger partial charge on any atom is 0.523 e. The number of nitrogens with one attached hydrogen (secondary N) is 1. The summed E-state index contributed by atoms with van der Waals surface area (Å²) in [5.74, 6) is -18.7. The van der Waals surface area contributed by atoms with Crippen LogP contribution >= 0.6 is 0 Å². The van der Waals surface area contributed by atoms with Crippen molar-refractivity contribution in [2.75, 3.05) is 32.9 Å². The van der Waals surface area contributed by atoms with E-state index < -0.39 is 71.3 Å². The second kappa shape index (κ2) is 10.1. The van der Waals surface area contributed by atoms with Crippen LogP contribution in [0.1, 0.15) is 20.8 Å². The van der Waals surface area contributed by atoms with Gasteiger partial charge in [-0.1, -0.05) is 0 Å². The molecule has 0 radical (unpaired) electrons. The fourth-order valence-corrected chi connectivity index (χ4v) is 2.02. The summed E-state index contributed by atoms with van der Waals surface area (Å²) in [6.45, 7) is -2.30. The van der Waals surface area contributed by atoms with E-state index in [-0.39, 0.29) is 6.54 Å². The molecule has 0 aliphatic carbocycles. The monoisotopic (exact) mass is 501 g/mol. The Bertz CT molecular complexity index is 704. The van der Waals surface area contributed by atoms with Gasteiger partial charge in [-0.3, -0.25) is 8.98 Å². The highest BCUT2D eigenvalue weighted by atomic mass is 32.2. The summed E-state index contributed by atoms with van der Waals surface area (Å²) in [5.41, 5.74) is -7.03. The topological polar surface area (TPSA) is 90.9 Å². The zero-order valence-corrected chi connectivity index (χ0v) is 17.1. The van der Waals surface area contributed by atoms with Crippen LogP contribution in [0.15, 0.2) is 0 Å². The van der Waals surface area contributed by atoms with Crippen LogP contribution in [0.4, 0.5) is 39.5 Å². The third-order valence-corrected chi connectivity index (χ3v) is 3.99. The molecule has 0 unspecified atom stereocenters. The Morgan fingerprint density at radius 3 is 1.81 bits per heavy atom. The largest absolute Gasteiger partial charge is 0.523 e. The van der Waals surface area contributed by atoms with Crippen LogP contribution in [0.5, 0.6) is 0 Å². The Hall–Kier alpha value is -1.33.